The zero-order chi connectivity index (χ0) is 25.0. The Morgan fingerprint density at radius 1 is 1.06 bits per heavy atom. The molecule has 3 N–H and O–H groups in total. The number of carbonyl (C=O) groups is 1. The van der Waals surface area contributed by atoms with Crippen molar-refractivity contribution in [3.05, 3.63) is 59.7 Å². The van der Waals surface area contributed by atoms with Crippen LogP contribution in [0.25, 0.3) is 0 Å². The van der Waals surface area contributed by atoms with E-state index < -0.39 is 22.0 Å². The lowest BCUT2D eigenvalue weighted by molar-refractivity contribution is -0.145. The molecule has 0 bridgehead atoms. The van der Waals surface area contributed by atoms with E-state index in [4.69, 9.17) is 21.7 Å². The van der Waals surface area contributed by atoms with Crippen LogP contribution in [-0.2, 0) is 26.1 Å². The fourth-order valence-corrected chi connectivity index (χ4v) is 4.40. The van der Waals surface area contributed by atoms with Crippen molar-refractivity contribution in [3.8, 4) is 5.75 Å². The number of carbonyl (C=O) groups excluding carboxylic acids is 1. The Morgan fingerprint density at radius 3 is 2.35 bits per heavy atom. The van der Waals surface area contributed by atoms with E-state index >= 15 is 0 Å². The molecule has 2 rings (SSSR count). The van der Waals surface area contributed by atoms with E-state index in [-0.39, 0.29) is 18.0 Å². The van der Waals surface area contributed by atoms with Gasteiger partial charge in [-0.1, -0.05) is 29.8 Å². The molecule has 8 nitrogen and oxygen atoms in total. The van der Waals surface area contributed by atoms with Crippen LogP contribution in [0.15, 0.2) is 53.4 Å². The summed E-state index contributed by atoms with van der Waals surface area (Å²) >= 11 is 5.35. The largest absolute Gasteiger partial charge is 0.497 e. The topological polar surface area (TPSA) is 106 Å². The van der Waals surface area contributed by atoms with Crippen molar-refractivity contribution in [1.29, 1.82) is 0 Å². The van der Waals surface area contributed by atoms with Gasteiger partial charge in [-0.15, -0.1) is 0 Å². The average Bonchev–Trinajstić information content (AvgIpc) is 2.82. The van der Waals surface area contributed by atoms with E-state index in [1.54, 1.807) is 38.3 Å². The van der Waals surface area contributed by atoms with Crippen molar-refractivity contribution in [1.82, 2.24) is 15.4 Å². The van der Waals surface area contributed by atoms with Gasteiger partial charge in [0.1, 0.15) is 11.8 Å². The molecule has 0 aliphatic heterocycles. The molecular formula is C24H33N3O5S2. The van der Waals surface area contributed by atoms with Gasteiger partial charge in [-0.25, -0.2) is 17.9 Å². The smallest absolute Gasteiger partial charge is 0.328 e. The molecule has 0 amide bonds. The zero-order valence-corrected chi connectivity index (χ0v) is 21.4. The highest BCUT2D eigenvalue weighted by Crippen LogP contribution is 2.12. The highest BCUT2D eigenvalue weighted by Gasteiger charge is 2.20. The van der Waals surface area contributed by atoms with Crippen molar-refractivity contribution in [2.45, 2.75) is 50.6 Å². The first-order chi connectivity index (χ1) is 16.2. The van der Waals surface area contributed by atoms with E-state index in [0.717, 1.165) is 16.9 Å². The summed E-state index contributed by atoms with van der Waals surface area (Å²) in [6, 6.07) is 13.6. The van der Waals surface area contributed by atoms with Crippen LogP contribution in [-0.4, -0.2) is 45.8 Å². The minimum atomic E-state index is -3.56. The molecule has 0 aromatic heterocycles. The molecule has 1 atom stereocenters. The quantitative estimate of drug-likeness (QED) is 0.216. The highest BCUT2D eigenvalue weighted by atomic mass is 32.2. The molecule has 2 aromatic rings. The summed E-state index contributed by atoms with van der Waals surface area (Å²) < 4.78 is 37.7. The summed E-state index contributed by atoms with van der Waals surface area (Å²) in [5, 5.41) is 6.44. The first-order valence-electron chi connectivity index (χ1n) is 11.2. The SMILES string of the molecule is CCOC(=O)C(CCCCNS(=O)(=O)c1ccc(C)cc1)NC(=S)NCc1ccc(OC)cc1. The minimum Gasteiger partial charge on any atom is -0.497 e. The minimum absolute atomic E-state index is 0.234. The molecule has 0 saturated heterocycles. The Kier molecular flexibility index (Phi) is 11.2. The molecule has 34 heavy (non-hydrogen) atoms. The van der Waals surface area contributed by atoms with Crippen molar-refractivity contribution >= 4 is 33.3 Å². The van der Waals surface area contributed by atoms with Crippen molar-refractivity contribution < 1.29 is 22.7 Å². The molecule has 0 aliphatic rings. The molecule has 0 saturated carbocycles. The maximum atomic E-state index is 12.4. The molecule has 0 heterocycles. The molecule has 186 valence electrons. The van der Waals surface area contributed by atoms with Gasteiger partial charge in [0, 0.05) is 13.1 Å². The number of aryl methyl sites for hydroxylation is 1. The van der Waals surface area contributed by atoms with Crippen LogP contribution < -0.4 is 20.1 Å². The van der Waals surface area contributed by atoms with Crippen LogP contribution in [0.5, 0.6) is 5.75 Å². The number of methoxy groups -OCH3 is 1. The number of benzene rings is 2. The number of nitrogens with one attached hydrogen (secondary N) is 3. The van der Waals surface area contributed by atoms with E-state index in [1.807, 2.05) is 31.2 Å². The van der Waals surface area contributed by atoms with Crippen LogP contribution in [0.2, 0.25) is 0 Å². The van der Waals surface area contributed by atoms with E-state index in [9.17, 15) is 13.2 Å². The van der Waals surface area contributed by atoms with Gasteiger partial charge in [0.05, 0.1) is 18.6 Å². The zero-order valence-electron chi connectivity index (χ0n) is 19.8. The third-order valence-electron chi connectivity index (χ3n) is 5.03. The number of ether oxygens (including phenoxy) is 2. The van der Waals surface area contributed by atoms with Crippen molar-refractivity contribution in [2.75, 3.05) is 20.3 Å². The molecule has 0 spiro atoms. The number of hydrogen-bond acceptors (Lipinski definition) is 6. The van der Waals surface area contributed by atoms with Gasteiger partial charge in [0.25, 0.3) is 0 Å². The lowest BCUT2D eigenvalue weighted by Gasteiger charge is -2.19. The standard InChI is InChI=1S/C24H33N3O5S2/c1-4-32-23(28)22(27-24(33)25-17-19-10-12-20(31-3)13-11-19)7-5-6-16-26-34(29,30)21-14-8-18(2)9-15-21/h8-15,22,26H,4-7,16-17H2,1-3H3,(H2,25,27,33). The summed E-state index contributed by atoms with van der Waals surface area (Å²) in [6.07, 6.45) is 1.62. The van der Waals surface area contributed by atoms with Crippen LogP contribution >= 0.6 is 12.2 Å². The maximum Gasteiger partial charge on any atom is 0.328 e. The first-order valence-corrected chi connectivity index (χ1v) is 13.0. The number of esters is 1. The molecular weight excluding hydrogens is 474 g/mol. The van der Waals surface area contributed by atoms with Gasteiger partial charge in [0.2, 0.25) is 10.0 Å². The molecule has 0 aliphatic carbocycles. The predicted octanol–water partition coefficient (Wildman–Crippen LogP) is 3.05. The first kappa shape index (κ1) is 27.6. The fraction of sp³-hybridized carbons (Fsp3) is 0.417. The second-order valence-electron chi connectivity index (χ2n) is 7.69. The normalized spacial score (nSPS) is 12.0. The van der Waals surface area contributed by atoms with Gasteiger partial charge in [-0.2, -0.15) is 0 Å². The summed E-state index contributed by atoms with van der Waals surface area (Å²) in [4.78, 5) is 12.6. The predicted molar refractivity (Wildman–Crippen MR) is 136 cm³/mol. The number of sulfonamides is 1. The van der Waals surface area contributed by atoms with Gasteiger partial charge in [-0.05, 0) is 75.2 Å². The van der Waals surface area contributed by atoms with Gasteiger partial charge >= 0.3 is 5.97 Å². The lowest BCUT2D eigenvalue weighted by atomic mass is 10.1. The third kappa shape index (κ3) is 9.28. The summed E-state index contributed by atoms with van der Waals surface area (Å²) in [7, 11) is -1.94. The van der Waals surface area contributed by atoms with Crippen molar-refractivity contribution in [3.63, 3.8) is 0 Å². The van der Waals surface area contributed by atoms with Crippen LogP contribution in [0.1, 0.15) is 37.3 Å². The van der Waals surface area contributed by atoms with Gasteiger partial charge in [0.15, 0.2) is 5.11 Å². The van der Waals surface area contributed by atoms with Crippen LogP contribution in [0.4, 0.5) is 0 Å². The molecule has 2 aromatic carbocycles. The second-order valence-corrected chi connectivity index (χ2v) is 9.86. The fourth-order valence-electron chi connectivity index (χ4n) is 3.11. The Bertz CT molecular complexity index is 1030. The van der Waals surface area contributed by atoms with E-state index in [1.165, 1.54) is 0 Å². The van der Waals surface area contributed by atoms with Crippen molar-refractivity contribution in [2.24, 2.45) is 0 Å². The molecule has 0 fully saturated rings. The molecule has 1 unspecified atom stereocenters. The lowest BCUT2D eigenvalue weighted by Crippen LogP contribution is -2.46. The monoisotopic (exact) mass is 507 g/mol. The number of unbranched alkanes of at least 4 members (excludes halogenated alkanes) is 1. The third-order valence-corrected chi connectivity index (χ3v) is 6.77. The second kappa shape index (κ2) is 13.9. The Hall–Kier alpha value is -2.69. The summed E-state index contributed by atoms with van der Waals surface area (Å²) in [5.41, 5.74) is 2.01. The van der Waals surface area contributed by atoms with E-state index in [2.05, 4.69) is 15.4 Å². The average molecular weight is 508 g/mol. The van der Waals surface area contributed by atoms with Gasteiger partial charge < -0.3 is 20.1 Å². The number of hydrogen-bond donors (Lipinski definition) is 3. The Morgan fingerprint density at radius 2 is 1.74 bits per heavy atom. The van der Waals surface area contributed by atoms with Crippen LogP contribution in [0.3, 0.4) is 0 Å². The summed E-state index contributed by atoms with van der Waals surface area (Å²) in [6.45, 7) is 4.67. The molecule has 10 heteroatoms. The maximum absolute atomic E-state index is 12.4. The van der Waals surface area contributed by atoms with Crippen LogP contribution in [0, 0.1) is 6.92 Å². The number of rotatable bonds is 13. The number of thiocarbonyl (C=S) groups is 1. The van der Waals surface area contributed by atoms with Gasteiger partial charge in [-0.3, -0.25) is 0 Å². The Labute approximate surface area is 207 Å². The highest BCUT2D eigenvalue weighted by molar-refractivity contribution is 7.89. The van der Waals surface area contributed by atoms with E-state index in [0.29, 0.717) is 30.9 Å². The Balaban J connectivity index is 1.80. The summed E-state index contributed by atoms with van der Waals surface area (Å²) in [5.74, 6) is 0.379. The molecule has 0 radical (unpaired) electrons.